The number of rotatable bonds is 5. The molecular formula is C17H22N2. The topological polar surface area (TPSA) is 38.9 Å². The van der Waals surface area contributed by atoms with Crippen LogP contribution in [0.25, 0.3) is 0 Å². The summed E-state index contributed by atoms with van der Waals surface area (Å²) in [5.74, 6) is 0. The van der Waals surface area contributed by atoms with Crippen molar-refractivity contribution in [3.8, 4) is 0 Å². The van der Waals surface area contributed by atoms with Gasteiger partial charge in [0, 0.05) is 18.4 Å². The minimum absolute atomic E-state index is 0.210. The Morgan fingerprint density at radius 2 is 1.84 bits per heavy atom. The Kier molecular flexibility index (Phi) is 4.69. The Morgan fingerprint density at radius 3 is 2.47 bits per heavy atom. The molecule has 2 heteroatoms. The third-order valence-electron chi connectivity index (χ3n) is 3.31. The van der Waals surface area contributed by atoms with Gasteiger partial charge in [-0.15, -0.1) is 0 Å². The zero-order chi connectivity index (χ0) is 13.7. The molecule has 100 valence electrons. The average molecular weight is 254 g/mol. The number of hydrogen-bond donors (Lipinski definition) is 1. The van der Waals surface area contributed by atoms with Crippen LogP contribution in [0.5, 0.6) is 0 Å². The fourth-order valence-electron chi connectivity index (χ4n) is 2.49. The molecule has 1 unspecified atom stereocenters. The van der Waals surface area contributed by atoms with Crippen LogP contribution in [0.3, 0.4) is 0 Å². The van der Waals surface area contributed by atoms with E-state index in [2.05, 4.69) is 43.1 Å². The van der Waals surface area contributed by atoms with Gasteiger partial charge >= 0.3 is 0 Å². The lowest BCUT2D eigenvalue weighted by Gasteiger charge is -2.12. The first kappa shape index (κ1) is 13.8. The summed E-state index contributed by atoms with van der Waals surface area (Å²) in [6.45, 7) is 4.27. The highest BCUT2D eigenvalue weighted by Crippen LogP contribution is 2.12. The fourth-order valence-corrected chi connectivity index (χ4v) is 2.49. The largest absolute Gasteiger partial charge is 0.327 e. The first-order chi connectivity index (χ1) is 9.13. The molecule has 0 spiro atoms. The van der Waals surface area contributed by atoms with Crippen molar-refractivity contribution in [2.24, 2.45) is 5.73 Å². The van der Waals surface area contributed by atoms with Crippen LogP contribution in [0, 0.1) is 13.8 Å². The summed E-state index contributed by atoms with van der Waals surface area (Å²) in [6, 6.07) is 11.0. The minimum Gasteiger partial charge on any atom is -0.327 e. The van der Waals surface area contributed by atoms with E-state index >= 15 is 0 Å². The molecule has 19 heavy (non-hydrogen) atoms. The molecule has 0 fully saturated rings. The summed E-state index contributed by atoms with van der Waals surface area (Å²) in [4.78, 5) is 4.13. The first-order valence-corrected chi connectivity index (χ1v) is 6.85. The lowest BCUT2D eigenvalue weighted by molar-refractivity contribution is 0.609. The number of nitrogens with two attached hydrogens (primary N) is 1. The number of benzene rings is 1. The Hall–Kier alpha value is -1.67. The summed E-state index contributed by atoms with van der Waals surface area (Å²) in [5, 5.41) is 0. The van der Waals surface area contributed by atoms with Crippen LogP contribution in [0.15, 0.2) is 42.7 Å². The predicted octanol–water partition coefficient (Wildman–Crippen LogP) is 3.20. The number of nitrogens with zero attached hydrogens (tertiary/aromatic N) is 1. The van der Waals surface area contributed by atoms with E-state index in [1.807, 2.05) is 12.3 Å². The molecule has 0 saturated heterocycles. The zero-order valence-corrected chi connectivity index (χ0v) is 11.8. The minimum atomic E-state index is 0.210. The molecule has 1 atom stereocenters. The molecule has 0 amide bonds. The van der Waals surface area contributed by atoms with Gasteiger partial charge in [-0.3, -0.25) is 4.98 Å². The molecule has 0 aliphatic heterocycles. The molecule has 2 aromatic rings. The number of aromatic nitrogens is 1. The predicted molar refractivity (Wildman–Crippen MR) is 80.2 cm³/mol. The smallest absolute Gasteiger partial charge is 0.0299 e. The Morgan fingerprint density at radius 1 is 1.11 bits per heavy atom. The SMILES string of the molecule is Cc1cc(C)cc(CC(N)CCc2cccnc2)c1. The van der Waals surface area contributed by atoms with Gasteiger partial charge in [0.15, 0.2) is 0 Å². The first-order valence-electron chi connectivity index (χ1n) is 6.85. The van der Waals surface area contributed by atoms with Gasteiger partial charge in [0.25, 0.3) is 0 Å². The maximum atomic E-state index is 6.23. The standard InChI is InChI=1S/C17H22N2/c1-13-8-14(2)10-16(9-13)11-17(18)6-5-15-4-3-7-19-12-15/h3-4,7-10,12,17H,5-6,11,18H2,1-2H3. The van der Waals surface area contributed by atoms with Gasteiger partial charge in [-0.2, -0.15) is 0 Å². The number of aryl methyl sites for hydroxylation is 3. The maximum absolute atomic E-state index is 6.23. The Labute approximate surface area is 115 Å². The molecular weight excluding hydrogens is 232 g/mol. The van der Waals surface area contributed by atoms with Crippen LogP contribution in [-0.4, -0.2) is 11.0 Å². The van der Waals surface area contributed by atoms with E-state index < -0.39 is 0 Å². The van der Waals surface area contributed by atoms with Gasteiger partial charge in [-0.1, -0.05) is 35.4 Å². The normalized spacial score (nSPS) is 12.4. The second-order valence-corrected chi connectivity index (χ2v) is 5.36. The molecule has 1 heterocycles. The summed E-state index contributed by atoms with van der Waals surface area (Å²) < 4.78 is 0. The van der Waals surface area contributed by atoms with E-state index in [-0.39, 0.29) is 6.04 Å². The highest BCUT2D eigenvalue weighted by molar-refractivity contribution is 5.29. The summed E-state index contributed by atoms with van der Waals surface area (Å²) in [5.41, 5.74) is 11.5. The molecule has 1 aromatic carbocycles. The molecule has 1 aromatic heterocycles. The van der Waals surface area contributed by atoms with E-state index in [0.717, 1.165) is 19.3 Å². The van der Waals surface area contributed by atoms with Gasteiger partial charge < -0.3 is 5.73 Å². The van der Waals surface area contributed by atoms with E-state index in [1.165, 1.54) is 22.3 Å². The number of hydrogen-bond acceptors (Lipinski definition) is 2. The fraction of sp³-hybridized carbons (Fsp3) is 0.353. The van der Waals surface area contributed by atoms with E-state index in [9.17, 15) is 0 Å². The second-order valence-electron chi connectivity index (χ2n) is 5.36. The van der Waals surface area contributed by atoms with Crippen LogP contribution in [-0.2, 0) is 12.8 Å². The summed E-state index contributed by atoms with van der Waals surface area (Å²) in [7, 11) is 0. The van der Waals surface area contributed by atoms with Crippen LogP contribution < -0.4 is 5.73 Å². The summed E-state index contributed by atoms with van der Waals surface area (Å²) in [6.07, 6.45) is 6.67. The second kappa shape index (κ2) is 6.48. The Balaban J connectivity index is 1.89. The van der Waals surface area contributed by atoms with E-state index in [0.29, 0.717) is 0 Å². The van der Waals surface area contributed by atoms with Crippen molar-refractivity contribution >= 4 is 0 Å². The van der Waals surface area contributed by atoms with Crippen molar-refractivity contribution in [1.29, 1.82) is 0 Å². The number of pyridine rings is 1. The van der Waals surface area contributed by atoms with Gasteiger partial charge in [0.05, 0.1) is 0 Å². The molecule has 2 N–H and O–H groups in total. The van der Waals surface area contributed by atoms with Gasteiger partial charge in [0.1, 0.15) is 0 Å². The van der Waals surface area contributed by atoms with Crippen LogP contribution in [0.4, 0.5) is 0 Å². The van der Waals surface area contributed by atoms with Crippen LogP contribution in [0.2, 0.25) is 0 Å². The summed E-state index contributed by atoms with van der Waals surface area (Å²) >= 11 is 0. The van der Waals surface area contributed by atoms with Crippen molar-refractivity contribution in [3.05, 3.63) is 65.0 Å². The van der Waals surface area contributed by atoms with Gasteiger partial charge in [-0.25, -0.2) is 0 Å². The third kappa shape index (κ3) is 4.49. The van der Waals surface area contributed by atoms with E-state index in [1.54, 1.807) is 6.20 Å². The molecule has 0 aliphatic carbocycles. The molecule has 0 bridgehead atoms. The quantitative estimate of drug-likeness (QED) is 0.890. The van der Waals surface area contributed by atoms with Crippen molar-refractivity contribution in [3.63, 3.8) is 0 Å². The highest BCUT2D eigenvalue weighted by Gasteiger charge is 2.06. The monoisotopic (exact) mass is 254 g/mol. The average Bonchev–Trinajstić information content (AvgIpc) is 2.36. The van der Waals surface area contributed by atoms with E-state index in [4.69, 9.17) is 5.73 Å². The van der Waals surface area contributed by atoms with Crippen LogP contribution >= 0.6 is 0 Å². The van der Waals surface area contributed by atoms with Crippen molar-refractivity contribution in [2.75, 3.05) is 0 Å². The van der Waals surface area contributed by atoms with Gasteiger partial charge in [0.2, 0.25) is 0 Å². The highest BCUT2D eigenvalue weighted by atomic mass is 14.6. The zero-order valence-electron chi connectivity index (χ0n) is 11.8. The molecule has 0 aliphatic rings. The van der Waals surface area contributed by atoms with Crippen LogP contribution in [0.1, 0.15) is 28.7 Å². The lowest BCUT2D eigenvalue weighted by atomic mass is 9.98. The third-order valence-corrected chi connectivity index (χ3v) is 3.31. The maximum Gasteiger partial charge on any atom is 0.0299 e. The Bertz CT molecular complexity index is 500. The van der Waals surface area contributed by atoms with Crippen molar-refractivity contribution < 1.29 is 0 Å². The molecule has 2 rings (SSSR count). The molecule has 2 nitrogen and oxygen atoms in total. The lowest BCUT2D eigenvalue weighted by Crippen LogP contribution is -2.23. The van der Waals surface area contributed by atoms with Crippen molar-refractivity contribution in [1.82, 2.24) is 4.98 Å². The molecule has 0 radical (unpaired) electrons. The van der Waals surface area contributed by atoms with Gasteiger partial charge in [-0.05, 0) is 50.3 Å². The van der Waals surface area contributed by atoms with Crippen molar-refractivity contribution in [2.45, 2.75) is 39.2 Å². The molecule has 0 saturated carbocycles.